The zero-order valence-electron chi connectivity index (χ0n) is 10.4. The van der Waals surface area contributed by atoms with Gasteiger partial charge in [0.15, 0.2) is 0 Å². The monoisotopic (exact) mass is 214 g/mol. The molecule has 0 saturated carbocycles. The molecule has 0 spiro atoms. The fourth-order valence-electron chi connectivity index (χ4n) is 2.20. The maximum absolute atomic E-state index is 9.43. The first-order valence-corrected chi connectivity index (χ1v) is 6.14. The van der Waals surface area contributed by atoms with Crippen LogP contribution in [0.2, 0.25) is 0 Å². The number of nitrogens with zero attached hydrogens (tertiary/aromatic N) is 1. The molecule has 1 fully saturated rings. The second-order valence-electron chi connectivity index (χ2n) is 5.45. The van der Waals surface area contributed by atoms with Crippen LogP contribution in [0.4, 0.5) is 0 Å². The van der Waals surface area contributed by atoms with E-state index in [2.05, 4.69) is 31.0 Å². The van der Waals surface area contributed by atoms with Gasteiger partial charge in [-0.3, -0.25) is 0 Å². The number of nitrogens with one attached hydrogen (secondary N) is 1. The third kappa shape index (κ3) is 4.96. The van der Waals surface area contributed by atoms with Crippen molar-refractivity contribution in [3.05, 3.63) is 0 Å². The second kappa shape index (κ2) is 5.83. The van der Waals surface area contributed by atoms with Gasteiger partial charge >= 0.3 is 0 Å². The average Bonchev–Trinajstić information content (AvgIpc) is 2.18. The molecule has 0 radical (unpaired) electrons. The van der Waals surface area contributed by atoms with Crippen LogP contribution in [-0.4, -0.2) is 48.8 Å². The lowest BCUT2D eigenvalue weighted by Crippen LogP contribution is -2.44. The first-order valence-electron chi connectivity index (χ1n) is 6.14. The molecule has 0 aromatic carbocycles. The van der Waals surface area contributed by atoms with Gasteiger partial charge in [-0.15, -0.1) is 0 Å². The molecule has 90 valence electrons. The minimum absolute atomic E-state index is 0.0573. The molecule has 1 heterocycles. The van der Waals surface area contributed by atoms with E-state index in [1.165, 1.54) is 0 Å². The van der Waals surface area contributed by atoms with Crippen LogP contribution in [0.3, 0.4) is 0 Å². The molecule has 1 saturated heterocycles. The number of piperidine rings is 1. The molecule has 1 aliphatic heterocycles. The molecular weight excluding hydrogens is 188 g/mol. The molecule has 0 aromatic heterocycles. The van der Waals surface area contributed by atoms with Crippen LogP contribution in [0.15, 0.2) is 0 Å². The fourth-order valence-corrected chi connectivity index (χ4v) is 2.20. The van der Waals surface area contributed by atoms with Gasteiger partial charge in [-0.1, -0.05) is 20.8 Å². The van der Waals surface area contributed by atoms with Crippen molar-refractivity contribution in [2.75, 3.05) is 32.7 Å². The molecule has 1 rings (SSSR count). The predicted molar refractivity (Wildman–Crippen MR) is 64.0 cm³/mol. The van der Waals surface area contributed by atoms with E-state index in [1.807, 2.05) is 0 Å². The van der Waals surface area contributed by atoms with Gasteiger partial charge in [0.2, 0.25) is 0 Å². The Labute approximate surface area is 93.9 Å². The Kier molecular flexibility index (Phi) is 5.03. The van der Waals surface area contributed by atoms with E-state index in [1.54, 1.807) is 0 Å². The van der Waals surface area contributed by atoms with Gasteiger partial charge in [-0.05, 0) is 24.8 Å². The highest BCUT2D eigenvalue weighted by Crippen LogP contribution is 2.19. The van der Waals surface area contributed by atoms with Crippen LogP contribution in [0.25, 0.3) is 0 Å². The van der Waals surface area contributed by atoms with E-state index < -0.39 is 0 Å². The summed E-state index contributed by atoms with van der Waals surface area (Å²) >= 11 is 0. The van der Waals surface area contributed by atoms with Crippen molar-refractivity contribution in [3.8, 4) is 0 Å². The predicted octanol–water partition coefficient (Wildman–Crippen LogP) is 1.08. The van der Waals surface area contributed by atoms with Crippen LogP contribution in [0, 0.1) is 5.41 Å². The first-order chi connectivity index (χ1) is 7.03. The van der Waals surface area contributed by atoms with E-state index in [4.69, 9.17) is 0 Å². The Morgan fingerprint density at radius 3 is 2.47 bits per heavy atom. The average molecular weight is 214 g/mol. The van der Waals surface area contributed by atoms with Crippen molar-refractivity contribution in [3.63, 3.8) is 0 Å². The summed E-state index contributed by atoms with van der Waals surface area (Å²) in [5.74, 6) is 0. The fraction of sp³-hybridized carbons (Fsp3) is 1.00. The van der Waals surface area contributed by atoms with Crippen LogP contribution in [0.5, 0.6) is 0 Å². The minimum atomic E-state index is -0.0573. The van der Waals surface area contributed by atoms with Crippen molar-refractivity contribution in [1.82, 2.24) is 10.2 Å². The molecule has 0 atom stereocenters. The zero-order valence-corrected chi connectivity index (χ0v) is 10.4. The third-order valence-electron chi connectivity index (χ3n) is 3.06. The number of hydrogen-bond acceptors (Lipinski definition) is 3. The van der Waals surface area contributed by atoms with Crippen molar-refractivity contribution in [2.45, 2.75) is 39.7 Å². The number of aliphatic hydroxyl groups excluding tert-OH is 1. The first kappa shape index (κ1) is 12.9. The second-order valence-corrected chi connectivity index (χ2v) is 5.45. The van der Waals surface area contributed by atoms with E-state index in [9.17, 15) is 5.11 Å². The molecule has 2 N–H and O–H groups in total. The number of rotatable bonds is 5. The number of aliphatic hydroxyl groups is 1. The van der Waals surface area contributed by atoms with Crippen molar-refractivity contribution in [1.29, 1.82) is 0 Å². The minimum Gasteiger partial charge on any atom is -0.393 e. The molecule has 3 heteroatoms. The van der Waals surface area contributed by atoms with E-state index in [0.29, 0.717) is 5.41 Å². The quantitative estimate of drug-likeness (QED) is 0.719. The van der Waals surface area contributed by atoms with Crippen LogP contribution >= 0.6 is 0 Å². The SMILES string of the molecule is CCNCC(C)(C)CN1CCC(O)CC1. The lowest BCUT2D eigenvalue weighted by molar-refractivity contribution is 0.0633. The normalized spacial score (nSPS) is 20.8. The summed E-state index contributed by atoms with van der Waals surface area (Å²) in [6, 6.07) is 0. The molecular formula is C12H26N2O. The summed E-state index contributed by atoms with van der Waals surface area (Å²) in [6.45, 7) is 12.1. The van der Waals surface area contributed by atoms with Crippen LogP contribution in [0.1, 0.15) is 33.6 Å². The molecule has 0 bridgehead atoms. The number of likely N-dealkylation sites (tertiary alicyclic amines) is 1. The van der Waals surface area contributed by atoms with Gasteiger partial charge in [-0.25, -0.2) is 0 Å². The molecule has 15 heavy (non-hydrogen) atoms. The lowest BCUT2D eigenvalue weighted by atomic mass is 9.91. The zero-order chi connectivity index (χ0) is 11.3. The summed E-state index contributed by atoms with van der Waals surface area (Å²) in [7, 11) is 0. The Morgan fingerprint density at radius 1 is 1.33 bits per heavy atom. The Morgan fingerprint density at radius 2 is 1.93 bits per heavy atom. The van der Waals surface area contributed by atoms with Gasteiger partial charge in [0.25, 0.3) is 0 Å². The lowest BCUT2D eigenvalue weighted by Gasteiger charge is -2.36. The maximum Gasteiger partial charge on any atom is 0.0564 e. The summed E-state index contributed by atoms with van der Waals surface area (Å²) in [4.78, 5) is 2.48. The number of hydrogen-bond donors (Lipinski definition) is 2. The van der Waals surface area contributed by atoms with Gasteiger partial charge < -0.3 is 15.3 Å². The molecule has 3 nitrogen and oxygen atoms in total. The molecule has 1 aliphatic rings. The summed E-state index contributed by atoms with van der Waals surface area (Å²) in [5, 5.41) is 12.8. The van der Waals surface area contributed by atoms with Crippen molar-refractivity contribution >= 4 is 0 Å². The van der Waals surface area contributed by atoms with Gasteiger partial charge in [0.1, 0.15) is 0 Å². The van der Waals surface area contributed by atoms with E-state index in [-0.39, 0.29) is 6.10 Å². The Bertz CT molecular complexity index is 174. The molecule has 0 aliphatic carbocycles. The summed E-state index contributed by atoms with van der Waals surface area (Å²) in [6.07, 6.45) is 1.83. The highest BCUT2D eigenvalue weighted by atomic mass is 16.3. The molecule has 0 unspecified atom stereocenters. The standard InChI is InChI=1S/C12H26N2O/c1-4-13-9-12(2,3)10-14-7-5-11(15)6-8-14/h11,13,15H,4-10H2,1-3H3. The van der Waals surface area contributed by atoms with Gasteiger partial charge in [-0.2, -0.15) is 0 Å². The van der Waals surface area contributed by atoms with Gasteiger partial charge in [0, 0.05) is 26.2 Å². The Balaban J connectivity index is 2.27. The van der Waals surface area contributed by atoms with Crippen LogP contribution in [-0.2, 0) is 0 Å². The third-order valence-corrected chi connectivity index (χ3v) is 3.06. The van der Waals surface area contributed by atoms with Gasteiger partial charge in [0.05, 0.1) is 6.10 Å². The summed E-state index contributed by atoms with van der Waals surface area (Å²) in [5.41, 5.74) is 0.332. The maximum atomic E-state index is 9.43. The van der Waals surface area contributed by atoms with Crippen LogP contribution < -0.4 is 5.32 Å². The van der Waals surface area contributed by atoms with E-state index in [0.717, 1.165) is 45.6 Å². The highest BCUT2D eigenvalue weighted by Gasteiger charge is 2.24. The van der Waals surface area contributed by atoms with Crippen molar-refractivity contribution in [2.24, 2.45) is 5.41 Å². The topological polar surface area (TPSA) is 35.5 Å². The smallest absolute Gasteiger partial charge is 0.0564 e. The highest BCUT2D eigenvalue weighted by molar-refractivity contribution is 4.79. The Hall–Kier alpha value is -0.120. The molecule has 0 aromatic rings. The molecule has 0 amide bonds. The van der Waals surface area contributed by atoms with E-state index >= 15 is 0 Å². The van der Waals surface area contributed by atoms with Crippen molar-refractivity contribution < 1.29 is 5.11 Å². The summed E-state index contributed by atoms with van der Waals surface area (Å²) < 4.78 is 0. The largest absolute Gasteiger partial charge is 0.393 e.